The smallest absolute Gasteiger partial charge is 0.483 e. The summed E-state index contributed by atoms with van der Waals surface area (Å²) in [6.07, 6.45) is 5.84. The molecule has 4 N–H and O–H groups in total. The van der Waals surface area contributed by atoms with Gasteiger partial charge >= 0.3 is 8.25 Å². The Morgan fingerprint density at radius 1 is 1.38 bits per heavy atom. The van der Waals surface area contributed by atoms with E-state index in [-0.39, 0.29) is 6.47 Å². The minimum absolute atomic E-state index is 0.250. The fraction of sp³-hybridized carbons (Fsp3) is 0. The summed E-state index contributed by atoms with van der Waals surface area (Å²) in [5.74, 6) is 0. The van der Waals surface area contributed by atoms with E-state index in [1.54, 1.807) is 11.9 Å². The first-order valence-corrected chi connectivity index (χ1v) is 4.85. The van der Waals surface area contributed by atoms with Crippen LogP contribution in [0.25, 0.3) is 0 Å². The zero-order valence-corrected chi connectivity index (χ0v) is 8.11. The second-order valence-electron chi connectivity index (χ2n) is 1.28. The number of carbonyl (C=O) groups is 1. The summed E-state index contributed by atoms with van der Waals surface area (Å²) >= 11 is 1.58. The van der Waals surface area contributed by atoms with Crippen molar-refractivity contribution < 1.29 is 24.3 Å². The fourth-order valence-corrected chi connectivity index (χ4v) is 0.663. The van der Waals surface area contributed by atoms with Gasteiger partial charge in [0.15, 0.2) is 0 Å². The first-order valence-electron chi connectivity index (χ1n) is 2.80. The molecule has 0 saturated carbocycles. The van der Waals surface area contributed by atoms with E-state index in [9.17, 15) is 0 Å². The zero-order valence-electron chi connectivity index (χ0n) is 6.40. The van der Waals surface area contributed by atoms with Gasteiger partial charge in [0.05, 0.1) is 0 Å². The van der Waals surface area contributed by atoms with Crippen LogP contribution in [0.4, 0.5) is 0 Å². The molecule has 1 aliphatic rings. The second kappa shape index (κ2) is 13.7. The topological polar surface area (TPSA) is 107 Å². The van der Waals surface area contributed by atoms with E-state index in [4.69, 9.17) is 24.3 Å². The van der Waals surface area contributed by atoms with Crippen molar-refractivity contribution in [2.75, 3.05) is 0 Å². The number of hydrogen-bond acceptors (Lipinski definition) is 4. The summed E-state index contributed by atoms with van der Waals surface area (Å²) in [6.45, 7) is -0.250. The molecule has 0 aliphatic carbocycles. The second-order valence-corrected chi connectivity index (χ2v) is 2.53. The maximum absolute atomic E-state index is 8.70. The fourth-order valence-electron chi connectivity index (χ4n) is 0.258. The van der Waals surface area contributed by atoms with Gasteiger partial charge in [0.25, 0.3) is 6.47 Å². The lowest BCUT2D eigenvalue weighted by Gasteiger charge is -1.93. The van der Waals surface area contributed by atoms with Gasteiger partial charge < -0.3 is 9.83 Å². The Morgan fingerprint density at radius 2 is 1.85 bits per heavy atom. The molecule has 0 aromatic rings. The average molecular weight is 226 g/mol. The third kappa shape index (κ3) is 35.3. The van der Waals surface area contributed by atoms with Crippen molar-refractivity contribution in [1.82, 2.24) is 4.72 Å². The Bertz CT molecular complexity index is 179. The van der Waals surface area contributed by atoms with Gasteiger partial charge in [-0.25, -0.2) is 0 Å². The molecule has 6 nitrogen and oxygen atoms in total. The van der Waals surface area contributed by atoms with E-state index in [2.05, 4.69) is 4.72 Å². The molecular formula is C5H9NO5PS+. The third-order valence-electron chi connectivity index (χ3n) is 0.490. The van der Waals surface area contributed by atoms with E-state index in [1.165, 1.54) is 0 Å². The Balaban J connectivity index is 0. The molecule has 0 saturated heterocycles. The first-order chi connectivity index (χ1) is 6.15. The van der Waals surface area contributed by atoms with Crippen molar-refractivity contribution in [3.05, 3.63) is 23.8 Å². The van der Waals surface area contributed by atoms with Gasteiger partial charge in [-0.2, -0.15) is 0 Å². The molecular weight excluding hydrogens is 217 g/mol. The van der Waals surface area contributed by atoms with Gasteiger partial charge in [0, 0.05) is 10.8 Å². The Labute approximate surface area is 80.1 Å². The van der Waals surface area contributed by atoms with Gasteiger partial charge in [-0.3, -0.25) is 4.79 Å². The highest BCUT2D eigenvalue weighted by molar-refractivity contribution is 8.00. The highest BCUT2D eigenvalue weighted by atomic mass is 32.2. The lowest BCUT2D eigenvalue weighted by molar-refractivity contribution is -0.122. The number of hydrogen-bond donors (Lipinski definition) is 4. The van der Waals surface area contributed by atoms with Crippen LogP contribution >= 0.6 is 20.2 Å². The van der Waals surface area contributed by atoms with Crippen LogP contribution in [0.2, 0.25) is 0 Å². The molecule has 0 fully saturated rings. The largest absolute Gasteiger partial charge is 0.692 e. The number of nitrogens with one attached hydrogen (secondary N) is 1. The van der Waals surface area contributed by atoms with Crippen LogP contribution in [0.15, 0.2) is 23.8 Å². The Kier molecular flexibility index (Phi) is 15.4. The predicted octanol–water partition coefficient (Wildman–Crippen LogP) is 0.594. The van der Waals surface area contributed by atoms with Crippen LogP contribution in [0, 0.1) is 0 Å². The molecule has 1 heterocycles. The van der Waals surface area contributed by atoms with E-state index < -0.39 is 8.25 Å². The number of allylic oxidation sites excluding steroid dienone is 2. The van der Waals surface area contributed by atoms with Gasteiger partial charge in [0.1, 0.15) is 0 Å². The van der Waals surface area contributed by atoms with Crippen LogP contribution in [0.5, 0.6) is 0 Å². The van der Waals surface area contributed by atoms with Crippen molar-refractivity contribution in [3.63, 3.8) is 0 Å². The van der Waals surface area contributed by atoms with Crippen LogP contribution < -0.4 is 4.72 Å². The van der Waals surface area contributed by atoms with Gasteiger partial charge in [-0.15, -0.1) is 9.79 Å². The molecule has 0 atom stereocenters. The summed E-state index contributed by atoms with van der Waals surface area (Å²) < 4.78 is 11.6. The van der Waals surface area contributed by atoms with Gasteiger partial charge in [-0.1, -0.05) is 6.08 Å². The van der Waals surface area contributed by atoms with E-state index in [1.807, 2.05) is 23.8 Å². The van der Waals surface area contributed by atoms with Crippen molar-refractivity contribution in [2.24, 2.45) is 0 Å². The molecule has 0 spiro atoms. The van der Waals surface area contributed by atoms with Crippen LogP contribution in [0.1, 0.15) is 0 Å². The van der Waals surface area contributed by atoms with E-state index >= 15 is 0 Å². The molecule has 0 bridgehead atoms. The Hall–Kier alpha value is -0.880. The van der Waals surface area contributed by atoms with Crippen molar-refractivity contribution in [2.45, 2.75) is 0 Å². The molecule has 0 radical (unpaired) electrons. The van der Waals surface area contributed by atoms with Crippen LogP contribution in [0.3, 0.4) is 0 Å². The maximum Gasteiger partial charge on any atom is 0.692 e. The third-order valence-corrected chi connectivity index (χ3v) is 1.06. The first kappa shape index (κ1) is 14.6. The zero-order chi connectivity index (χ0) is 10.5. The predicted molar refractivity (Wildman–Crippen MR) is 49.7 cm³/mol. The van der Waals surface area contributed by atoms with Gasteiger partial charge in [0.2, 0.25) is 0 Å². The molecule has 8 heteroatoms. The van der Waals surface area contributed by atoms with Crippen LogP contribution in [-0.2, 0) is 9.36 Å². The molecule has 0 aromatic carbocycles. The normalized spacial score (nSPS) is 10.9. The average Bonchev–Trinajstić information content (AvgIpc) is 2.08. The summed E-state index contributed by atoms with van der Waals surface area (Å²) in [6, 6.07) is 0. The number of carboxylic acid groups (broad SMARTS) is 1. The highest BCUT2D eigenvalue weighted by Crippen LogP contribution is 1.99. The Morgan fingerprint density at radius 3 is 1.92 bits per heavy atom. The van der Waals surface area contributed by atoms with Crippen molar-refractivity contribution >= 4 is 26.7 Å². The lowest BCUT2D eigenvalue weighted by Crippen LogP contribution is -1.88. The minimum atomic E-state index is -2.87. The monoisotopic (exact) mass is 226 g/mol. The maximum atomic E-state index is 8.70. The van der Waals surface area contributed by atoms with Crippen LogP contribution in [-0.4, -0.2) is 21.4 Å². The summed E-state index contributed by atoms with van der Waals surface area (Å²) in [5.41, 5.74) is 0. The molecule has 0 aromatic heterocycles. The van der Waals surface area contributed by atoms with E-state index in [0.717, 1.165) is 0 Å². The minimum Gasteiger partial charge on any atom is -0.483 e. The summed E-state index contributed by atoms with van der Waals surface area (Å²) in [7, 11) is -2.87. The molecule has 0 amide bonds. The molecule has 1 aliphatic heterocycles. The standard InChI is InChI=1S/C4H5NS.CH2O2.HO3P/c1-2-4-6-5-3-1;2-1-3;1-4(2)3/h1-5H;1H,(H,2,3);(H-,1,2,3)/p+1. The van der Waals surface area contributed by atoms with Crippen molar-refractivity contribution in [3.8, 4) is 0 Å². The number of rotatable bonds is 0. The van der Waals surface area contributed by atoms with Gasteiger partial charge in [-0.05, 0) is 23.4 Å². The van der Waals surface area contributed by atoms with Crippen molar-refractivity contribution in [1.29, 1.82) is 0 Å². The van der Waals surface area contributed by atoms with E-state index in [0.29, 0.717) is 0 Å². The summed E-state index contributed by atoms with van der Waals surface area (Å²) in [4.78, 5) is 22.6. The lowest BCUT2D eigenvalue weighted by atomic mass is 10.6. The SMILES string of the molecule is C1=CNSC=C1.O=CO.O=[P+](O)O. The molecule has 1 rings (SSSR count). The molecule has 13 heavy (non-hydrogen) atoms. The quantitative estimate of drug-likeness (QED) is 0.272. The summed E-state index contributed by atoms with van der Waals surface area (Å²) in [5, 5.41) is 8.88. The molecule has 74 valence electrons. The molecule has 0 unspecified atom stereocenters. The highest BCUT2D eigenvalue weighted by Gasteiger charge is 1.93.